The highest BCUT2D eigenvalue weighted by atomic mass is 16.3. The van der Waals surface area contributed by atoms with Gasteiger partial charge in [-0.3, -0.25) is 4.79 Å². The number of rotatable bonds is 3. The highest BCUT2D eigenvalue weighted by Gasteiger charge is 2.07. The lowest BCUT2D eigenvalue weighted by atomic mass is 10.3. The zero-order chi connectivity index (χ0) is 15.5. The van der Waals surface area contributed by atoms with Crippen molar-refractivity contribution in [1.82, 2.24) is 15.0 Å². The molecule has 3 rings (SSSR count). The minimum atomic E-state index is -0.543. The number of nitrogens with one attached hydrogen (secondary N) is 1. The fourth-order valence-electron chi connectivity index (χ4n) is 1.98. The number of aromatic nitrogens is 3. The molecule has 6 heteroatoms. The maximum Gasteiger partial charge on any atom is 0.290 e. The summed E-state index contributed by atoms with van der Waals surface area (Å²) in [6.07, 6.45) is 1.34. The van der Waals surface area contributed by atoms with E-state index in [1.54, 1.807) is 36.0 Å². The summed E-state index contributed by atoms with van der Waals surface area (Å²) < 4.78 is 0. The largest absolute Gasteiger partial charge is 0.503 e. The molecule has 110 valence electrons. The number of carbonyl (C=O) groups is 1. The molecular formula is C16H14N4O2. The number of carbonyl (C=O) groups excluding carboxylic acids is 1. The predicted octanol–water partition coefficient (Wildman–Crippen LogP) is 2.82. The van der Waals surface area contributed by atoms with E-state index in [2.05, 4.69) is 15.5 Å². The number of benzene rings is 2. The molecule has 0 bridgehead atoms. The molecule has 6 nitrogen and oxygen atoms in total. The Bertz CT molecular complexity index is 817. The monoisotopic (exact) mass is 294 g/mol. The zero-order valence-electron chi connectivity index (χ0n) is 11.9. The highest BCUT2D eigenvalue weighted by Crippen LogP contribution is 2.15. The number of allylic oxidation sites excluding steroid dienone is 1. The molecule has 1 amide bonds. The first kappa shape index (κ1) is 13.8. The first-order valence-corrected chi connectivity index (χ1v) is 6.76. The molecule has 0 aliphatic rings. The van der Waals surface area contributed by atoms with Gasteiger partial charge in [0.1, 0.15) is 11.0 Å². The third-order valence-electron chi connectivity index (χ3n) is 3.15. The minimum Gasteiger partial charge on any atom is -0.503 e. The summed E-state index contributed by atoms with van der Waals surface area (Å²) in [4.78, 5) is 13.1. The summed E-state index contributed by atoms with van der Waals surface area (Å²) in [5.74, 6) is -0.859. The number of anilines is 1. The van der Waals surface area contributed by atoms with Gasteiger partial charge in [-0.2, -0.15) is 4.80 Å². The Labute approximate surface area is 126 Å². The molecule has 0 aliphatic heterocycles. The van der Waals surface area contributed by atoms with E-state index in [-0.39, 0.29) is 5.76 Å². The van der Waals surface area contributed by atoms with Crippen LogP contribution in [0.2, 0.25) is 0 Å². The van der Waals surface area contributed by atoms with Gasteiger partial charge in [0.05, 0.1) is 5.69 Å². The quantitative estimate of drug-likeness (QED) is 0.575. The van der Waals surface area contributed by atoms with Crippen LogP contribution in [0.4, 0.5) is 5.69 Å². The second-order valence-corrected chi connectivity index (χ2v) is 4.65. The van der Waals surface area contributed by atoms with Crippen LogP contribution in [-0.4, -0.2) is 26.0 Å². The van der Waals surface area contributed by atoms with Crippen molar-refractivity contribution in [3.8, 4) is 5.69 Å². The van der Waals surface area contributed by atoms with Crippen molar-refractivity contribution in [2.24, 2.45) is 0 Å². The third kappa shape index (κ3) is 2.67. The summed E-state index contributed by atoms with van der Waals surface area (Å²) in [7, 11) is 0. The number of aliphatic hydroxyl groups is 1. The molecular weight excluding hydrogens is 280 g/mol. The summed E-state index contributed by atoms with van der Waals surface area (Å²) in [6.45, 7) is 1.59. The minimum absolute atomic E-state index is 0.316. The van der Waals surface area contributed by atoms with E-state index in [1.165, 1.54) is 6.08 Å². The molecule has 0 atom stereocenters. The fraction of sp³-hybridized carbons (Fsp3) is 0.0625. The lowest BCUT2D eigenvalue weighted by Gasteiger charge is -2.05. The number of fused-ring (bicyclic) bond motifs is 1. The normalized spacial score (nSPS) is 11.6. The molecule has 0 aliphatic carbocycles. The van der Waals surface area contributed by atoms with Gasteiger partial charge in [0.2, 0.25) is 0 Å². The Morgan fingerprint density at radius 2 is 1.68 bits per heavy atom. The topological polar surface area (TPSA) is 80.0 Å². The average Bonchev–Trinajstić information content (AvgIpc) is 2.98. The first-order valence-electron chi connectivity index (χ1n) is 6.76. The Hall–Kier alpha value is -3.15. The van der Waals surface area contributed by atoms with Gasteiger partial charge < -0.3 is 10.4 Å². The molecule has 3 aromatic rings. The number of nitrogens with zero attached hydrogens (tertiary/aromatic N) is 3. The smallest absolute Gasteiger partial charge is 0.290 e. The number of aliphatic hydroxyl groups excluding tert-OH is 1. The lowest BCUT2D eigenvalue weighted by Crippen LogP contribution is -2.13. The Kier molecular flexibility index (Phi) is 3.57. The van der Waals surface area contributed by atoms with Crippen molar-refractivity contribution in [2.45, 2.75) is 6.92 Å². The first-order chi connectivity index (χ1) is 10.7. The fourth-order valence-corrected chi connectivity index (χ4v) is 1.98. The number of amides is 1. The van der Waals surface area contributed by atoms with E-state index in [0.717, 1.165) is 16.7 Å². The van der Waals surface area contributed by atoms with Gasteiger partial charge in [-0.25, -0.2) is 0 Å². The van der Waals surface area contributed by atoms with Crippen molar-refractivity contribution in [3.05, 3.63) is 60.4 Å². The molecule has 2 aromatic carbocycles. The van der Waals surface area contributed by atoms with E-state index >= 15 is 0 Å². The second kappa shape index (κ2) is 5.69. The van der Waals surface area contributed by atoms with Crippen molar-refractivity contribution >= 4 is 22.6 Å². The second-order valence-electron chi connectivity index (χ2n) is 4.65. The molecule has 1 heterocycles. The zero-order valence-corrected chi connectivity index (χ0v) is 11.9. The molecule has 1 aromatic heterocycles. The van der Waals surface area contributed by atoms with Crippen LogP contribution in [0.5, 0.6) is 0 Å². The van der Waals surface area contributed by atoms with Crippen LogP contribution in [0.3, 0.4) is 0 Å². The Morgan fingerprint density at radius 1 is 1.09 bits per heavy atom. The highest BCUT2D eigenvalue weighted by molar-refractivity contribution is 6.01. The van der Waals surface area contributed by atoms with E-state index in [1.807, 2.05) is 24.3 Å². The molecule has 0 fully saturated rings. The van der Waals surface area contributed by atoms with Crippen molar-refractivity contribution in [2.75, 3.05) is 5.32 Å². The van der Waals surface area contributed by atoms with Crippen LogP contribution in [0.25, 0.3) is 16.7 Å². The van der Waals surface area contributed by atoms with Crippen molar-refractivity contribution in [3.63, 3.8) is 0 Å². The number of hydrogen-bond donors (Lipinski definition) is 2. The summed E-state index contributed by atoms with van der Waals surface area (Å²) in [5.41, 5.74) is 3.00. The van der Waals surface area contributed by atoms with E-state index in [4.69, 9.17) is 0 Å². The lowest BCUT2D eigenvalue weighted by molar-refractivity contribution is -0.115. The van der Waals surface area contributed by atoms with Gasteiger partial charge in [-0.15, -0.1) is 10.2 Å². The van der Waals surface area contributed by atoms with Crippen LogP contribution in [0, 0.1) is 0 Å². The van der Waals surface area contributed by atoms with Gasteiger partial charge in [-0.05, 0) is 49.4 Å². The summed E-state index contributed by atoms with van der Waals surface area (Å²) in [6, 6.07) is 14.7. The van der Waals surface area contributed by atoms with E-state index in [0.29, 0.717) is 5.69 Å². The summed E-state index contributed by atoms with van der Waals surface area (Å²) >= 11 is 0. The average molecular weight is 294 g/mol. The van der Waals surface area contributed by atoms with Crippen LogP contribution in [0.1, 0.15) is 6.92 Å². The van der Waals surface area contributed by atoms with Crippen LogP contribution in [-0.2, 0) is 4.79 Å². The van der Waals surface area contributed by atoms with Gasteiger partial charge in [0, 0.05) is 5.69 Å². The van der Waals surface area contributed by atoms with Crippen molar-refractivity contribution < 1.29 is 9.90 Å². The number of hydrogen-bond acceptors (Lipinski definition) is 4. The molecule has 2 N–H and O–H groups in total. The molecule has 0 spiro atoms. The van der Waals surface area contributed by atoms with Crippen LogP contribution < -0.4 is 5.32 Å². The van der Waals surface area contributed by atoms with Crippen LogP contribution in [0.15, 0.2) is 60.4 Å². The van der Waals surface area contributed by atoms with Gasteiger partial charge >= 0.3 is 0 Å². The molecule has 0 radical (unpaired) electrons. The SMILES string of the molecule is CC=C(O)C(=O)Nc1ccc(-n2nc3ccccc3n2)cc1. The standard InChI is InChI=1S/C16H14N4O2/c1-2-15(21)16(22)17-11-7-9-12(10-8-11)20-18-13-5-3-4-6-14(13)19-20/h2-10,21H,1H3,(H,17,22). The molecule has 0 unspecified atom stereocenters. The van der Waals surface area contributed by atoms with Gasteiger partial charge in [0.15, 0.2) is 5.76 Å². The van der Waals surface area contributed by atoms with Crippen molar-refractivity contribution in [1.29, 1.82) is 0 Å². The maximum atomic E-state index is 11.6. The molecule has 0 saturated carbocycles. The molecule has 22 heavy (non-hydrogen) atoms. The van der Waals surface area contributed by atoms with E-state index in [9.17, 15) is 9.90 Å². The Balaban J connectivity index is 1.83. The van der Waals surface area contributed by atoms with E-state index < -0.39 is 5.91 Å². The maximum absolute atomic E-state index is 11.6. The predicted molar refractivity (Wildman–Crippen MR) is 83.9 cm³/mol. The van der Waals surface area contributed by atoms with Gasteiger partial charge in [-0.1, -0.05) is 12.1 Å². The third-order valence-corrected chi connectivity index (χ3v) is 3.15. The molecule has 0 saturated heterocycles. The Morgan fingerprint density at radius 3 is 2.23 bits per heavy atom. The van der Waals surface area contributed by atoms with Gasteiger partial charge in [0.25, 0.3) is 5.91 Å². The van der Waals surface area contributed by atoms with Crippen LogP contribution >= 0.6 is 0 Å². The summed E-state index contributed by atoms with van der Waals surface area (Å²) in [5, 5.41) is 20.7.